The van der Waals surface area contributed by atoms with Crippen molar-refractivity contribution >= 4 is 22.4 Å². The molecule has 2 aromatic carbocycles. The number of hydrogen-bond acceptors (Lipinski definition) is 6. The summed E-state index contributed by atoms with van der Waals surface area (Å²) < 4.78 is 0. The molecule has 1 fully saturated rings. The van der Waals surface area contributed by atoms with E-state index in [-0.39, 0.29) is 11.7 Å². The van der Waals surface area contributed by atoms with Crippen molar-refractivity contribution in [2.75, 3.05) is 25.0 Å². The maximum absolute atomic E-state index is 12.4. The van der Waals surface area contributed by atoms with E-state index >= 15 is 0 Å². The number of phenols is 1. The molecule has 1 aromatic heterocycles. The number of thiazole rings is 1. The van der Waals surface area contributed by atoms with E-state index < -0.39 is 0 Å². The summed E-state index contributed by atoms with van der Waals surface area (Å²) >= 11 is 1.41. The molecule has 0 bridgehead atoms. The van der Waals surface area contributed by atoms with Gasteiger partial charge in [0.2, 0.25) is 0 Å². The Labute approximate surface area is 186 Å². The van der Waals surface area contributed by atoms with Gasteiger partial charge in [-0.2, -0.15) is 0 Å². The minimum Gasteiger partial charge on any atom is -0.508 e. The first-order valence-electron chi connectivity index (χ1n) is 10.7. The summed E-state index contributed by atoms with van der Waals surface area (Å²) in [5.41, 5.74) is 2.43. The summed E-state index contributed by atoms with van der Waals surface area (Å²) in [6.45, 7) is 3.66. The molecule has 4 rings (SSSR count). The lowest BCUT2D eigenvalue weighted by Gasteiger charge is -2.32. The molecule has 1 aliphatic heterocycles. The minimum atomic E-state index is -0.0954. The number of carbonyl (C=O) groups excluding carboxylic acids is 1. The molecule has 0 spiro atoms. The molecule has 7 heteroatoms. The molecule has 0 atom stereocenters. The molecular weight excluding hydrogens is 408 g/mol. The van der Waals surface area contributed by atoms with Crippen molar-refractivity contribution in [2.45, 2.75) is 31.8 Å². The first-order chi connectivity index (χ1) is 15.2. The van der Waals surface area contributed by atoms with Crippen molar-refractivity contribution in [3.8, 4) is 5.75 Å². The van der Waals surface area contributed by atoms with Crippen molar-refractivity contribution < 1.29 is 9.90 Å². The number of anilines is 1. The Morgan fingerprint density at radius 2 is 1.81 bits per heavy atom. The van der Waals surface area contributed by atoms with Crippen LogP contribution in [0.15, 0.2) is 60.8 Å². The van der Waals surface area contributed by atoms with Crippen molar-refractivity contribution in [1.29, 1.82) is 0 Å². The molecule has 162 valence electrons. The number of aromatic hydroxyl groups is 1. The summed E-state index contributed by atoms with van der Waals surface area (Å²) in [5, 5.41) is 16.6. The van der Waals surface area contributed by atoms with E-state index in [1.54, 1.807) is 18.3 Å². The SMILES string of the molecule is O=C(NCCc1ccc(O)cc1)c1cnc(NC2CCN(Cc3ccccc3)CC2)s1. The molecule has 0 unspecified atom stereocenters. The van der Waals surface area contributed by atoms with Crippen molar-refractivity contribution in [1.82, 2.24) is 15.2 Å². The molecule has 0 aliphatic carbocycles. The molecule has 0 radical (unpaired) electrons. The number of likely N-dealkylation sites (tertiary alicyclic amines) is 1. The third kappa shape index (κ3) is 6.29. The topological polar surface area (TPSA) is 77.5 Å². The van der Waals surface area contributed by atoms with Crippen molar-refractivity contribution in [3.63, 3.8) is 0 Å². The Balaban J connectivity index is 1.19. The second kappa shape index (κ2) is 10.4. The average Bonchev–Trinajstić information content (AvgIpc) is 3.26. The minimum absolute atomic E-state index is 0.0954. The summed E-state index contributed by atoms with van der Waals surface area (Å²) in [4.78, 5) is 19.9. The number of aromatic nitrogens is 1. The van der Waals surface area contributed by atoms with Gasteiger partial charge in [-0.1, -0.05) is 53.8 Å². The first-order valence-corrected chi connectivity index (χ1v) is 11.5. The number of benzene rings is 2. The molecule has 2 heterocycles. The molecule has 1 saturated heterocycles. The Morgan fingerprint density at radius 1 is 1.06 bits per heavy atom. The fourth-order valence-electron chi connectivity index (χ4n) is 3.77. The Kier molecular flexibility index (Phi) is 7.17. The van der Waals surface area contributed by atoms with E-state index in [0.717, 1.165) is 49.6 Å². The van der Waals surface area contributed by atoms with Crippen LogP contribution in [-0.4, -0.2) is 46.6 Å². The van der Waals surface area contributed by atoms with Crippen LogP contribution < -0.4 is 10.6 Å². The zero-order valence-electron chi connectivity index (χ0n) is 17.5. The predicted octanol–water partition coefficient (Wildman–Crippen LogP) is 3.90. The average molecular weight is 437 g/mol. The fraction of sp³-hybridized carbons (Fsp3) is 0.333. The number of phenolic OH excluding ortho intramolecular Hbond substituents is 1. The van der Waals surface area contributed by atoms with Gasteiger partial charge in [-0.05, 0) is 42.5 Å². The number of amides is 1. The molecule has 6 nitrogen and oxygen atoms in total. The third-order valence-electron chi connectivity index (χ3n) is 5.53. The summed E-state index contributed by atoms with van der Waals surface area (Å²) in [5.74, 6) is 0.154. The van der Waals surface area contributed by atoms with Gasteiger partial charge in [0.15, 0.2) is 5.13 Å². The Bertz CT molecular complexity index is 967. The van der Waals surface area contributed by atoms with Crippen LogP contribution in [0.4, 0.5) is 5.13 Å². The Hall–Kier alpha value is -2.90. The van der Waals surface area contributed by atoms with Crippen LogP contribution >= 0.6 is 11.3 Å². The maximum atomic E-state index is 12.4. The quantitative estimate of drug-likeness (QED) is 0.499. The highest BCUT2D eigenvalue weighted by molar-refractivity contribution is 7.17. The first kappa shape index (κ1) is 21.3. The lowest BCUT2D eigenvalue weighted by molar-refractivity contribution is 0.0958. The van der Waals surface area contributed by atoms with Gasteiger partial charge in [0.05, 0.1) is 6.20 Å². The van der Waals surface area contributed by atoms with Crippen LogP contribution in [0, 0.1) is 0 Å². The van der Waals surface area contributed by atoms with Gasteiger partial charge >= 0.3 is 0 Å². The lowest BCUT2D eigenvalue weighted by atomic mass is 10.0. The second-order valence-corrected chi connectivity index (χ2v) is 8.91. The number of hydrogen-bond donors (Lipinski definition) is 3. The van der Waals surface area contributed by atoms with E-state index in [4.69, 9.17) is 0 Å². The highest BCUT2D eigenvalue weighted by atomic mass is 32.1. The molecule has 1 amide bonds. The monoisotopic (exact) mass is 436 g/mol. The van der Waals surface area contributed by atoms with Gasteiger partial charge in [0, 0.05) is 32.2 Å². The van der Waals surface area contributed by atoms with Crippen LogP contribution in [0.25, 0.3) is 0 Å². The molecule has 3 N–H and O–H groups in total. The highest BCUT2D eigenvalue weighted by Crippen LogP contribution is 2.22. The summed E-state index contributed by atoms with van der Waals surface area (Å²) in [6, 6.07) is 18.0. The largest absolute Gasteiger partial charge is 0.508 e. The maximum Gasteiger partial charge on any atom is 0.263 e. The Morgan fingerprint density at radius 3 is 2.55 bits per heavy atom. The van der Waals surface area contributed by atoms with E-state index in [9.17, 15) is 9.90 Å². The van der Waals surface area contributed by atoms with Crippen molar-refractivity contribution in [3.05, 3.63) is 76.8 Å². The second-order valence-electron chi connectivity index (χ2n) is 7.88. The highest BCUT2D eigenvalue weighted by Gasteiger charge is 2.20. The molecule has 3 aromatic rings. The van der Waals surface area contributed by atoms with Gasteiger partial charge in [-0.15, -0.1) is 0 Å². The van der Waals surface area contributed by atoms with Gasteiger partial charge in [0.1, 0.15) is 10.6 Å². The van der Waals surface area contributed by atoms with Crippen LogP contribution in [0.3, 0.4) is 0 Å². The van der Waals surface area contributed by atoms with Crippen LogP contribution in [0.2, 0.25) is 0 Å². The molecular formula is C24H28N4O2S. The van der Waals surface area contributed by atoms with E-state index in [0.29, 0.717) is 17.5 Å². The molecule has 1 aliphatic rings. The molecule has 31 heavy (non-hydrogen) atoms. The summed E-state index contributed by atoms with van der Waals surface area (Å²) in [7, 11) is 0. The van der Waals surface area contributed by atoms with Gasteiger partial charge < -0.3 is 15.7 Å². The van der Waals surface area contributed by atoms with Gasteiger partial charge in [-0.25, -0.2) is 4.98 Å². The zero-order valence-corrected chi connectivity index (χ0v) is 18.3. The summed E-state index contributed by atoms with van der Waals surface area (Å²) in [6.07, 6.45) is 4.51. The van der Waals surface area contributed by atoms with E-state index in [1.807, 2.05) is 12.1 Å². The third-order valence-corrected chi connectivity index (χ3v) is 6.46. The van der Waals surface area contributed by atoms with E-state index in [1.165, 1.54) is 16.9 Å². The standard InChI is InChI=1S/C24H28N4O2S/c29-21-8-6-18(7-9-21)10-13-25-23(30)22-16-26-24(31-22)27-20-11-14-28(15-12-20)17-19-4-2-1-3-5-19/h1-9,16,20,29H,10-15,17H2,(H,25,30)(H,26,27). The van der Waals surface area contributed by atoms with Crippen LogP contribution in [0.5, 0.6) is 5.75 Å². The number of nitrogens with zero attached hydrogens (tertiary/aromatic N) is 2. The van der Waals surface area contributed by atoms with Crippen LogP contribution in [0.1, 0.15) is 33.6 Å². The predicted molar refractivity (Wildman–Crippen MR) is 125 cm³/mol. The normalized spacial score (nSPS) is 15.0. The van der Waals surface area contributed by atoms with Crippen molar-refractivity contribution in [2.24, 2.45) is 0 Å². The number of carbonyl (C=O) groups is 1. The lowest BCUT2D eigenvalue weighted by Crippen LogP contribution is -2.38. The molecule has 0 saturated carbocycles. The smallest absolute Gasteiger partial charge is 0.263 e. The van der Waals surface area contributed by atoms with Gasteiger partial charge in [-0.3, -0.25) is 9.69 Å². The number of rotatable bonds is 8. The van der Waals surface area contributed by atoms with Gasteiger partial charge in [0.25, 0.3) is 5.91 Å². The zero-order chi connectivity index (χ0) is 21.5. The fourth-order valence-corrected chi connectivity index (χ4v) is 4.58. The van der Waals surface area contributed by atoms with Crippen LogP contribution in [-0.2, 0) is 13.0 Å². The number of nitrogens with one attached hydrogen (secondary N) is 2. The number of piperidine rings is 1. The van der Waals surface area contributed by atoms with E-state index in [2.05, 4.69) is 50.8 Å².